The summed E-state index contributed by atoms with van der Waals surface area (Å²) in [5.74, 6) is -0.550. The van der Waals surface area contributed by atoms with Crippen LogP contribution in [0, 0.1) is 0 Å². The lowest BCUT2D eigenvalue weighted by atomic mass is 10.1. The van der Waals surface area contributed by atoms with Gasteiger partial charge in [-0.25, -0.2) is 13.2 Å². The van der Waals surface area contributed by atoms with Gasteiger partial charge in [-0.1, -0.05) is 17.7 Å². The van der Waals surface area contributed by atoms with Crippen LogP contribution in [0.25, 0.3) is 0 Å². The number of rotatable bonds is 2. The van der Waals surface area contributed by atoms with Gasteiger partial charge in [0, 0.05) is 16.4 Å². The Labute approximate surface area is 164 Å². The fraction of sp³-hybridized carbons (Fsp3) is 0.278. The summed E-state index contributed by atoms with van der Waals surface area (Å²) in [6, 6.07) is 8.63. The van der Waals surface area contributed by atoms with E-state index in [-0.39, 0.29) is 17.2 Å². The number of fused-ring (bicyclic) bond motifs is 1. The summed E-state index contributed by atoms with van der Waals surface area (Å²) < 4.78 is 63.7. The highest BCUT2D eigenvalue weighted by atomic mass is 35.5. The molecule has 148 valence electrons. The Morgan fingerprint density at radius 2 is 1.50 bits per heavy atom. The number of alkyl halides is 3. The Morgan fingerprint density at radius 1 is 0.929 bits per heavy atom. The van der Waals surface area contributed by atoms with Crippen molar-refractivity contribution in [2.45, 2.75) is 18.3 Å². The third-order valence-corrected chi connectivity index (χ3v) is 6.88. The van der Waals surface area contributed by atoms with Crippen LogP contribution >= 0.6 is 11.6 Å². The number of sulfone groups is 1. The molecular formula is C18H14ClF3N2O3S. The number of anilines is 2. The third kappa shape index (κ3) is 3.22. The number of carbonyl (C=O) groups excluding carboxylic acids is 1. The first-order chi connectivity index (χ1) is 13.1. The van der Waals surface area contributed by atoms with Crippen molar-refractivity contribution < 1.29 is 26.4 Å². The molecule has 0 saturated carbocycles. The zero-order valence-electron chi connectivity index (χ0n) is 14.2. The van der Waals surface area contributed by atoms with Crippen molar-refractivity contribution in [1.82, 2.24) is 0 Å². The second-order valence-corrected chi connectivity index (χ2v) is 9.35. The van der Waals surface area contributed by atoms with Crippen LogP contribution in [0.4, 0.5) is 29.3 Å². The van der Waals surface area contributed by atoms with E-state index in [0.29, 0.717) is 10.7 Å². The van der Waals surface area contributed by atoms with E-state index in [1.807, 2.05) is 0 Å². The van der Waals surface area contributed by atoms with E-state index in [1.54, 1.807) is 24.3 Å². The van der Waals surface area contributed by atoms with Gasteiger partial charge in [-0.05, 0) is 42.5 Å². The van der Waals surface area contributed by atoms with Gasteiger partial charge in [0.05, 0.1) is 29.2 Å². The lowest BCUT2D eigenvalue weighted by Gasteiger charge is -2.23. The molecule has 2 atom stereocenters. The Bertz CT molecular complexity index is 1040. The first-order valence-electron chi connectivity index (χ1n) is 8.32. The zero-order valence-corrected chi connectivity index (χ0v) is 15.8. The SMILES string of the molecule is O=C1N(c2ccc(Cl)cc2)C2CS(=O)(=O)CC2N1c1cccc(C(F)(F)F)c1. The Morgan fingerprint density at radius 3 is 2.07 bits per heavy atom. The van der Waals surface area contributed by atoms with E-state index >= 15 is 0 Å². The number of halogens is 4. The summed E-state index contributed by atoms with van der Waals surface area (Å²) in [5, 5.41) is 0.445. The molecule has 10 heteroatoms. The van der Waals surface area contributed by atoms with Gasteiger partial charge in [0.25, 0.3) is 0 Å². The monoisotopic (exact) mass is 430 g/mol. The van der Waals surface area contributed by atoms with Crippen molar-refractivity contribution in [1.29, 1.82) is 0 Å². The molecule has 2 aliphatic heterocycles. The normalized spacial score (nSPS) is 23.9. The summed E-state index contributed by atoms with van der Waals surface area (Å²) >= 11 is 5.88. The van der Waals surface area contributed by atoms with Crippen molar-refractivity contribution in [3.8, 4) is 0 Å². The maximum atomic E-state index is 13.1. The molecule has 0 N–H and O–H groups in total. The van der Waals surface area contributed by atoms with E-state index in [2.05, 4.69) is 0 Å². The molecule has 2 amide bonds. The molecule has 2 aromatic carbocycles. The first kappa shape index (κ1) is 19.1. The second-order valence-electron chi connectivity index (χ2n) is 6.76. The van der Waals surface area contributed by atoms with Crippen LogP contribution < -0.4 is 9.80 Å². The molecule has 0 spiro atoms. The number of carbonyl (C=O) groups is 1. The molecule has 0 aromatic heterocycles. The van der Waals surface area contributed by atoms with Crippen molar-refractivity contribution in [3.05, 3.63) is 59.1 Å². The maximum absolute atomic E-state index is 13.1. The number of nitrogens with zero attached hydrogens (tertiary/aromatic N) is 2. The molecule has 2 aliphatic rings. The van der Waals surface area contributed by atoms with Crippen molar-refractivity contribution in [2.75, 3.05) is 21.3 Å². The van der Waals surface area contributed by atoms with E-state index in [4.69, 9.17) is 11.6 Å². The molecule has 2 fully saturated rings. The molecule has 2 heterocycles. The van der Waals surface area contributed by atoms with Crippen LogP contribution in [0.1, 0.15) is 5.56 Å². The fourth-order valence-corrected chi connectivity index (χ4v) is 5.79. The number of hydrogen-bond donors (Lipinski definition) is 0. The van der Waals surface area contributed by atoms with Crippen molar-refractivity contribution in [3.63, 3.8) is 0 Å². The van der Waals surface area contributed by atoms with Gasteiger partial charge < -0.3 is 0 Å². The molecule has 2 unspecified atom stereocenters. The number of hydrogen-bond acceptors (Lipinski definition) is 3. The van der Waals surface area contributed by atoms with Crippen LogP contribution in [0.2, 0.25) is 5.02 Å². The molecule has 0 aliphatic carbocycles. The van der Waals surface area contributed by atoms with Crippen LogP contribution in [0.3, 0.4) is 0 Å². The van der Waals surface area contributed by atoms with Crippen molar-refractivity contribution >= 4 is 38.8 Å². The van der Waals surface area contributed by atoms with Crippen LogP contribution in [0.15, 0.2) is 48.5 Å². The number of amides is 2. The number of urea groups is 1. The average molecular weight is 431 g/mol. The first-order valence-corrected chi connectivity index (χ1v) is 10.5. The molecule has 2 saturated heterocycles. The molecule has 28 heavy (non-hydrogen) atoms. The van der Waals surface area contributed by atoms with Gasteiger partial charge >= 0.3 is 12.2 Å². The second kappa shape index (κ2) is 6.38. The predicted octanol–water partition coefficient (Wildman–Crippen LogP) is 3.97. The largest absolute Gasteiger partial charge is 0.416 e. The summed E-state index contributed by atoms with van der Waals surface area (Å²) in [7, 11) is -3.44. The lowest BCUT2D eigenvalue weighted by molar-refractivity contribution is -0.137. The minimum atomic E-state index is -4.57. The minimum absolute atomic E-state index is 0.0170. The summed E-state index contributed by atoms with van der Waals surface area (Å²) in [5.41, 5.74) is -0.445. The van der Waals surface area contributed by atoms with E-state index in [0.717, 1.165) is 17.0 Å². The van der Waals surface area contributed by atoms with Crippen LogP contribution in [0.5, 0.6) is 0 Å². The Kier molecular flexibility index (Phi) is 4.35. The highest BCUT2D eigenvalue weighted by Crippen LogP contribution is 2.40. The zero-order chi connectivity index (χ0) is 20.3. The summed E-state index contributed by atoms with van der Waals surface area (Å²) in [6.07, 6.45) is -4.57. The highest BCUT2D eigenvalue weighted by Gasteiger charge is 2.54. The predicted molar refractivity (Wildman–Crippen MR) is 99.5 cm³/mol. The summed E-state index contributed by atoms with van der Waals surface area (Å²) in [6.45, 7) is 0. The molecule has 5 nitrogen and oxygen atoms in total. The number of benzene rings is 2. The molecule has 0 bridgehead atoms. The minimum Gasteiger partial charge on any atom is -0.288 e. The Hall–Kier alpha value is -2.26. The maximum Gasteiger partial charge on any atom is 0.416 e. The van der Waals surface area contributed by atoms with Gasteiger partial charge in [-0.15, -0.1) is 0 Å². The van der Waals surface area contributed by atoms with Gasteiger partial charge in [-0.2, -0.15) is 13.2 Å². The quantitative estimate of drug-likeness (QED) is 0.677. The van der Waals surface area contributed by atoms with Gasteiger partial charge in [0.2, 0.25) is 0 Å². The van der Waals surface area contributed by atoms with Gasteiger partial charge in [-0.3, -0.25) is 9.80 Å². The third-order valence-electron chi connectivity index (χ3n) is 4.93. The van der Waals surface area contributed by atoms with E-state index in [1.165, 1.54) is 17.0 Å². The molecule has 2 aromatic rings. The van der Waals surface area contributed by atoms with Crippen LogP contribution in [-0.2, 0) is 16.0 Å². The fourth-order valence-electron chi connectivity index (χ4n) is 3.74. The molecule has 0 radical (unpaired) electrons. The van der Waals surface area contributed by atoms with Crippen molar-refractivity contribution in [2.24, 2.45) is 0 Å². The van der Waals surface area contributed by atoms with E-state index in [9.17, 15) is 26.4 Å². The smallest absolute Gasteiger partial charge is 0.288 e. The standard InChI is InChI=1S/C18H14ClF3N2O3S/c19-12-4-6-13(7-5-12)23-15-9-28(26,27)10-16(15)24(17(23)25)14-3-1-2-11(8-14)18(20,21)22/h1-8,15-16H,9-10H2. The highest BCUT2D eigenvalue weighted by molar-refractivity contribution is 7.91. The van der Waals surface area contributed by atoms with E-state index < -0.39 is 39.7 Å². The summed E-state index contributed by atoms with van der Waals surface area (Å²) in [4.78, 5) is 15.6. The Balaban J connectivity index is 1.80. The lowest BCUT2D eigenvalue weighted by Crippen LogP contribution is -2.38. The topological polar surface area (TPSA) is 57.7 Å². The molecular weight excluding hydrogens is 417 g/mol. The van der Waals surface area contributed by atoms with Gasteiger partial charge in [0.15, 0.2) is 9.84 Å². The average Bonchev–Trinajstić information content (AvgIpc) is 3.04. The van der Waals surface area contributed by atoms with Gasteiger partial charge in [0.1, 0.15) is 0 Å². The molecule has 4 rings (SSSR count). The van der Waals surface area contributed by atoms with Crippen LogP contribution in [-0.4, -0.2) is 38.0 Å².